The van der Waals surface area contributed by atoms with Gasteiger partial charge in [-0.3, -0.25) is 0 Å². The third-order valence-corrected chi connectivity index (χ3v) is 5.90. The van der Waals surface area contributed by atoms with Gasteiger partial charge in [-0.1, -0.05) is 52.9 Å². The smallest absolute Gasteiger partial charge is 0.0232 e. The van der Waals surface area contributed by atoms with Crippen molar-refractivity contribution in [3.8, 4) is 0 Å². The van der Waals surface area contributed by atoms with Crippen molar-refractivity contribution in [3.05, 3.63) is 0 Å². The van der Waals surface area contributed by atoms with Crippen molar-refractivity contribution in [2.75, 3.05) is 6.54 Å². The first-order valence-electron chi connectivity index (χ1n) is 8.44. The van der Waals surface area contributed by atoms with Crippen molar-refractivity contribution in [2.45, 2.75) is 84.1 Å². The highest BCUT2D eigenvalue weighted by Crippen LogP contribution is 2.43. The van der Waals surface area contributed by atoms with Crippen LogP contribution >= 0.6 is 0 Å². The largest absolute Gasteiger partial charge is 0.311 e. The fraction of sp³-hybridized carbons (Fsp3) is 1.00. The molecule has 1 atom stereocenters. The van der Waals surface area contributed by atoms with Crippen LogP contribution in [0, 0.1) is 17.8 Å². The fourth-order valence-electron chi connectivity index (χ4n) is 4.53. The molecular weight excluding hydrogens is 218 g/mol. The predicted octanol–water partition coefficient (Wildman–Crippen LogP) is 4.76. The Morgan fingerprint density at radius 2 is 1.78 bits per heavy atom. The summed E-state index contributed by atoms with van der Waals surface area (Å²) in [6.45, 7) is 8.52. The van der Waals surface area contributed by atoms with Crippen LogP contribution in [0.3, 0.4) is 0 Å². The molecule has 0 aromatic carbocycles. The molecule has 1 saturated carbocycles. The maximum absolute atomic E-state index is 4.00. The van der Waals surface area contributed by atoms with Crippen LogP contribution in [0.4, 0.5) is 0 Å². The normalized spacial score (nSPS) is 38.7. The Morgan fingerprint density at radius 1 is 1.06 bits per heavy atom. The highest BCUT2D eigenvalue weighted by molar-refractivity contribution is 4.99. The molecule has 1 saturated heterocycles. The molecule has 1 unspecified atom stereocenters. The fourth-order valence-corrected chi connectivity index (χ4v) is 4.53. The van der Waals surface area contributed by atoms with E-state index in [1.807, 2.05) is 0 Å². The second-order valence-electron chi connectivity index (χ2n) is 7.06. The van der Waals surface area contributed by atoms with Crippen LogP contribution in [0.2, 0.25) is 0 Å². The molecule has 2 aliphatic rings. The zero-order chi connectivity index (χ0) is 13.0. The molecule has 18 heavy (non-hydrogen) atoms. The molecule has 106 valence electrons. The molecule has 0 spiro atoms. The summed E-state index contributed by atoms with van der Waals surface area (Å²) in [4.78, 5) is 0. The van der Waals surface area contributed by atoms with Crippen molar-refractivity contribution < 1.29 is 0 Å². The molecule has 1 aliphatic carbocycles. The molecule has 1 N–H and O–H groups in total. The van der Waals surface area contributed by atoms with E-state index in [1.54, 1.807) is 0 Å². The van der Waals surface area contributed by atoms with Crippen LogP contribution in [0.15, 0.2) is 0 Å². The van der Waals surface area contributed by atoms with Crippen molar-refractivity contribution in [1.29, 1.82) is 0 Å². The van der Waals surface area contributed by atoms with E-state index < -0.39 is 0 Å². The van der Waals surface area contributed by atoms with E-state index in [-0.39, 0.29) is 0 Å². The summed E-state index contributed by atoms with van der Waals surface area (Å²) in [5.74, 6) is 2.76. The molecule has 0 radical (unpaired) electrons. The van der Waals surface area contributed by atoms with Gasteiger partial charge in [0.1, 0.15) is 0 Å². The lowest BCUT2D eigenvalue weighted by molar-refractivity contribution is 0.0878. The van der Waals surface area contributed by atoms with E-state index in [4.69, 9.17) is 0 Å². The third-order valence-electron chi connectivity index (χ3n) is 5.90. The highest BCUT2D eigenvalue weighted by atomic mass is 15.0. The van der Waals surface area contributed by atoms with Crippen LogP contribution in [0.5, 0.6) is 0 Å². The van der Waals surface area contributed by atoms with Gasteiger partial charge in [-0.05, 0) is 50.0 Å². The lowest BCUT2D eigenvalue weighted by Gasteiger charge is -2.47. The van der Waals surface area contributed by atoms with E-state index in [0.717, 1.165) is 17.8 Å². The molecule has 1 aliphatic heterocycles. The van der Waals surface area contributed by atoms with Crippen molar-refractivity contribution in [3.63, 3.8) is 0 Å². The van der Waals surface area contributed by atoms with E-state index in [9.17, 15) is 0 Å². The van der Waals surface area contributed by atoms with E-state index in [2.05, 4.69) is 26.1 Å². The predicted molar refractivity (Wildman–Crippen MR) is 79.8 cm³/mol. The Labute approximate surface area is 114 Å². The molecule has 0 aromatic heterocycles. The minimum absolute atomic E-state index is 0.467. The second-order valence-corrected chi connectivity index (χ2v) is 7.06. The maximum atomic E-state index is 4.00. The zero-order valence-corrected chi connectivity index (χ0v) is 12.8. The molecule has 2 fully saturated rings. The summed E-state index contributed by atoms with van der Waals surface area (Å²) >= 11 is 0. The third kappa shape index (κ3) is 2.92. The van der Waals surface area contributed by atoms with Gasteiger partial charge in [0.05, 0.1) is 0 Å². The Hall–Kier alpha value is -0.0400. The monoisotopic (exact) mass is 251 g/mol. The first kappa shape index (κ1) is 14.4. The average molecular weight is 251 g/mol. The van der Waals surface area contributed by atoms with Crippen LogP contribution in [0.1, 0.15) is 78.6 Å². The summed E-state index contributed by atoms with van der Waals surface area (Å²) in [5, 5.41) is 4.00. The molecule has 0 amide bonds. The standard InChI is InChI=1S/C17H33N/c1-4-15-8-10-16(11-9-15)17(14(2)3)12-6-5-7-13-18-17/h14-16,18H,4-13H2,1-3H3. The van der Waals surface area contributed by atoms with Gasteiger partial charge in [0.2, 0.25) is 0 Å². The summed E-state index contributed by atoms with van der Waals surface area (Å²) in [6.07, 6.45) is 13.0. The Bertz CT molecular complexity index is 230. The summed E-state index contributed by atoms with van der Waals surface area (Å²) < 4.78 is 0. The van der Waals surface area contributed by atoms with Gasteiger partial charge in [-0.15, -0.1) is 0 Å². The minimum atomic E-state index is 0.467. The van der Waals surface area contributed by atoms with Crippen molar-refractivity contribution in [2.24, 2.45) is 17.8 Å². The van der Waals surface area contributed by atoms with E-state index in [0.29, 0.717) is 5.54 Å². The molecule has 1 nitrogen and oxygen atoms in total. The Kier molecular flexibility index (Phi) is 5.12. The van der Waals surface area contributed by atoms with Gasteiger partial charge >= 0.3 is 0 Å². The Morgan fingerprint density at radius 3 is 2.39 bits per heavy atom. The lowest BCUT2D eigenvalue weighted by atomic mass is 9.65. The summed E-state index contributed by atoms with van der Waals surface area (Å²) in [7, 11) is 0. The van der Waals surface area contributed by atoms with Gasteiger partial charge in [0, 0.05) is 5.54 Å². The van der Waals surface area contributed by atoms with Gasteiger partial charge in [0.15, 0.2) is 0 Å². The average Bonchev–Trinajstić information content (AvgIpc) is 2.65. The van der Waals surface area contributed by atoms with Gasteiger partial charge in [0.25, 0.3) is 0 Å². The van der Waals surface area contributed by atoms with E-state index in [1.165, 1.54) is 64.3 Å². The van der Waals surface area contributed by atoms with Crippen LogP contribution in [0.25, 0.3) is 0 Å². The maximum Gasteiger partial charge on any atom is 0.0232 e. The molecule has 1 heteroatoms. The minimum Gasteiger partial charge on any atom is -0.311 e. The SMILES string of the molecule is CCC1CCC(C2(C(C)C)CCCCCN2)CC1. The number of hydrogen-bond donors (Lipinski definition) is 1. The van der Waals surface area contributed by atoms with Crippen LogP contribution < -0.4 is 5.32 Å². The second kappa shape index (κ2) is 6.41. The number of rotatable bonds is 3. The summed E-state index contributed by atoms with van der Waals surface area (Å²) in [6, 6.07) is 0. The molecule has 2 rings (SSSR count). The van der Waals surface area contributed by atoms with Gasteiger partial charge < -0.3 is 5.32 Å². The number of nitrogens with one attached hydrogen (secondary N) is 1. The molecule has 0 bridgehead atoms. The highest BCUT2D eigenvalue weighted by Gasteiger charge is 2.42. The van der Waals surface area contributed by atoms with Gasteiger partial charge in [-0.2, -0.15) is 0 Å². The lowest BCUT2D eigenvalue weighted by Crippen LogP contribution is -2.55. The molecule has 1 heterocycles. The topological polar surface area (TPSA) is 12.0 Å². The van der Waals surface area contributed by atoms with Crippen molar-refractivity contribution in [1.82, 2.24) is 5.32 Å². The first-order valence-corrected chi connectivity index (χ1v) is 8.44. The zero-order valence-electron chi connectivity index (χ0n) is 12.8. The van der Waals surface area contributed by atoms with Crippen LogP contribution in [-0.4, -0.2) is 12.1 Å². The van der Waals surface area contributed by atoms with Crippen LogP contribution in [-0.2, 0) is 0 Å². The number of hydrogen-bond acceptors (Lipinski definition) is 1. The first-order chi connectivity index (χ1) is 8.69. The Balaban J connectivity index is 2.05. The van der Waals surface area contributed by atoms with Gasteiger partial charge in [-0.25, -0.2) is 0 Å². The summed E-state index contributed by atoms with van der Waals surface area (Å²) in [5.41, 5.74) is 0.467. The van der Waals surface area contributed by atoms with E-state index >= 15 is 0 Å². The molecular formula is C17H33N. The quantitative estimate of drug-likeness (QED) is 0.762. The molecule has 0 aromatic rings. The van der Waals surface area contributed by atoms with Crippen molar-refractivity contribution >= 4 is 0 Å².